The van der Waals surface area contributed by atoms with Gasteiger partial charge in [0.1, 0.15) is 0 Å². The fourth-order valence-electron chi connectivity index (χ4n) is 3.16. The minimum Gasteiger partial charge on any atom is -0.356 e. The predicted molar refractivity (Wildman–Crippen MR) is 122 cm³/mol. The standard InChI is InChI=1S/C26H26N2O2/c1-2-27-25(29)19-23-14-9-15-24(18-23)28(20-22-12-7-4-8-13-22)26(30)17-16-21-10-5-3-6-11-21/h3-18H,2,19-20H2,1H3,(H,27,29)/b17-16+. The van der Waals surface area contributed by atoms with Gasteiger partial charge in [0.25, 0.3) is 5.91 Å². The first-order valence-corrected chi connectivity index (χ1v) is 10.1. The average Bonchev–Trinajstić information content (AvgIpc) is 2.77. The van der Waals surface area contributed by atoms with Crippen molar-refractivity contribution in [1.29, 1.82) is 0 Å². The van der Waals surface area contributed by atoms with Crippen molar-refractivity contribution in [2.24, 2.45) is 0 Å². The van der Waals surface area contributed by atoms with Gasteiger partial charge in [-0.3, -0.25) is 9.59 Å². The van der Waals surface area contributed by atoms with Crippen molar-refractivity contribution in [3.8, 4) is 0 Å². The molecule has 0 saturated carbocycles. The summed E-state index contributed by atoms with van der Waals surface area (Å²) in [7, 11) is 0. The van der Waals surface area contributed by atoms with Gasteiger partial charge in [0.05, 0.1) is 13.0 Å². The largest absolute Gasteiger partial charge is 0.356 e. The van der Waals surface area contributed by atoms with E-state index in [-0.39, 0.29) is 18.2 Å². The molecule has 3 rings (SSSR count). The quantitative estimate of drug-likeness (QED) is 0.563. The molecule has 0 aromatic heterocycles. The van der Waals surface area contributed by atoms with E-state index in [0.29, 0.717) is 13.1 Å². The molecule has 0 radical (unpaired) electrons. The van der Waals surface area contributed by atoms with Gasteiger partial charge >= 0.3 is 0 Å². The Bertz CT molecular complexity index is 998. The predicted octanol–water partition coefficient (Wildman–Crippen LogP) is 4.61. The second-order valence-corrected chi connectivity index (χ2v) is 6.95. The van der Waals surface area contributed by atoms with Crippen molar-refractivity contribution < 1.29 is 9.59 Å². The van der Waals surface area contributed by atoms with Crippen LogP contribution in [0.25, 0.3) is 6.08 Å². The van der Waals surface area contributed by atoms with Gasteiger partial charge in [0, 0.05) is 18.3 Å². The van der Waals surface area contributed by atoms with Gasteiger partial charge in [-0.2, -0.15) is 0 Å². The maximum Gasteiger partial charge on any atom is 0.251 e. The Morgan fingerprint density at radius 2 is 1.53 bits per heavy atom. The topological polar surface area (TPSA) is 49.4 Å². The first-order valence-electron chi connectivity index (χ1n) is 10.1. The Labute approximate surface area is 177 Å². The van der Waals surface area contributed by atoms with Crippen LogP contribution >= 0.6 is 0 Å². The normalized spacial score (nSPS) is 10.7. The second-order valence-electron chi connectivity index (χ2n) is 6.95. The van der Waals surface area contributed by atoms with Crippen molar-refractivity contribution in [3.05, 3.63) is 108 Å². The van der Waals surface area contributed by atoms with Crippen LogP contribution in [0.1, 0.15) is 23.6 Å². The van der Waals surface area contributed by atoms with Crippen molar-refractivity contribution in [2.45, 2.75) is 19.9 Å². The third-order valence-electron chi connectivity index (χ3n) is 4.63. The lowest BCUT2D eigenvalue weighted by Crippen LogP contribution is -2.29. The third kappa shape index (κ3) is 6.17. The molecule has 0 atom stereocenters. The SMILES string of the molecule is CCNC(=O)Cc1cccc(N(Cc2ccccc2)C(=O)/C=C/c2ccccc2)c1. The molecule has 2 amide bonds. The van der Waals surface area contributed by atoms with E-state index in [1.807, 2.05) is 97.9 Å². The fourth-order valence-corrected chi connectivity index (χ4v) is 3.16. The van der Waals surface area contributed by atoms with Crippen molar-refractivity contribution in [3.63, 3.8) is 0 Å². The highest BCUT2D eigenvalue weighted by atomic mass is 16.2. The number of hydrogen-bond acceptors (Lipinski definition) is 2. The first kappa shape index (κ1) is 21.1. The van der Waals surface area contributed by atoms with Crippen LogP contribution in [-0.2, 0) is 22.6 Å². The van der Waals surface area contributed by atoms with Crippen LogP contribution in [0.5, 0.6) is 0 Å². The number of hydrogen-bond donors (Lipinski definition) is 1. The summed E-state index contributed by atoms with van der Waals surface area (Å²) in [6.07, 6.45) is 3.70. The summed E-state index contributed by atoms with van der Waals surface area (Å²) in [6, 6.07) is 27.2. The zero-order valence-electron chi connectivity index (χ0n) is 17.1. The van der Waals surface area contributed by atoms with Crippen LogP contribution in [-0.4, -0.2) is 18.4 Å². The number of carbonyl (C=O) groups excluding carboxylic acids is 2. The maximum atomic E-state index is 13.1. The molecule has 3 aromatic rings. The summed E-state index contributed by atoms with van der Waals surface area (Å²) >= 11 is 0. The summed E-state index contributed by atoms with van der Waals surface area (Å²) in [5.74, 6) is -0.141. The number of likely N-dealkylation sites (N-methyl/N-ethyl adjacent to an activating group) is 1. The summed E-state index contributed by atoms with van der Waals surface area (Å²) in [4.78, 5) is 26.8. The number of anilines is 1. The van der Waals surface area contributed by atoms with E-state index in [2.05, 4.69) is 5.32 Å². The van der Waals surface area contributed by atoms with Gasteiger partial charge in [0.15, 0.2) is 0 Å². The Morgan fingerprint density at radius 1 is 0.867 bits per heavy atom. The van der Waals surface area contributed by atoms with Crippen LogP contribution in [0.3, 0.4) is 0 Å². The van der Waals surface area contributed by atoms with Crippen molar-refractivity contribution in [2.75, 3.05) is 11.4 Å². The van der Waals surface area contributed by atoms with Gasteiger partial charge < -0.3 is 10.2 Å². The summed E-state index contributed by atoms with van der Waals surface area (Å²) in [6.45, 7) is 2.94. The fraction of sp³-hybridized carbons (Fsp3) is 0.154. The van der Waals surface area contributed by atoms with Crippen molar-refractivity contribution >= 4 is 23.6 Å². The van der Waals surface area contributed by atoms with E-state index < -0.39 is 0 Å². The number of nitrogens with zero attached hydrogens (tertiary/aromatic N) is 1. The molecule has 0 aliphatic rings. The number of nitrogens with one attached hydrogen (secondary N) is 1. The highest BCUT2D eigenvalue weighted by molar-refractivity contribution is 6.03. The monoisotopic (exact) mass is 398 g/mol. The van der Waals surface area contributed by atoms with Crippen molar-refractivity contribution in [1.82, 2.24) is 5.32 Å². The molecule has 0 unspecified atom stereocenters. The molecule has 0 bridgehead atoms. The molecular weight excluding hydrogens is 372 g/mol. The Balaban J connectivity index is 1.86. The van der Waals surface area contributed by atoms with Crippen LogP contribution in [0.4, 0.5) is 5.69 Å². The van der Waals surface area contributed by atoms with Crippen LogP contribution in [0, 0.1) is 0 Å². The van der Waals surface area contributed by atoms with Gasteiger partial charge in [-0.15, -0.1) is 0 Å². The lowest BCUT2D eigenvalue weighted by atomic mass is 10.1. The molecule has 152 valence electrons. The van der Waals surface area contributed by atoms with Crippen LogP contribution in [0.15, 0.2) is 91.0 Å². The Morgan fingerprint density at radius 3 is 2.23 bits per heavy atom. The second kappa shape index (κ2) is 10.8. The van der Waals surface area contributed by atoms with E-state index in [0.717, 1.165) is 22.4 Å². The maximum absolute atomic E-state index is 13.1. The molecular formula is C26H26N2O2. The number of benzene rings is 3. The molecule has 0 aliphatic heterocycles. The number of carbonyl (C=O) groups is 2. The molecule has 0 spiro atoms. The first-order chi connectivity index (χ1) is 14.7. The average molecular weight is 399 g/mol. The van der Waals surface area contributed by atoms with E-state index in [1.165, 1.54) is 0 Å². The van der Waals surface area contributed by atoms with E-state index in [4.69, 9.17) is 0 Å². The van der Waals surface area contributed by atoms with Crippen LogP contribution in [0.2, 0.25) is 0 Å². The van der Waals surface area contributed by atoms with E-state index in [1.54, 1.807) is 11.0 Å². The smallest absolute Gasteiger partial charge is 0.251 e. The summed E-state index contributed by atoms with van der Waals surface area (Å²) in [5, 5.41) is 2.81. The molecule has 0 aliphatic carbocycles. The highest BCUT2D eigenvalue weighted by Crippen LogP contribution is 2.20. The van der Waals surface area contributed by atoms with E-state index >= 15 is 0 Å². The molecule has 3 aromatic carbocycles. The van der Waals surface area contributed by atoms with Crippen LogP contribution < -0.4 is 10.2 Å². The molecule has 30 heavy (non-hydrogen) atoms. The van der Waals surface area contributed by atoms with E-state index in [9.17, 15) is 9.59 Å². The summed E-state index contributed by atoms with van der Waals surface area (Å²) < 4.78 is 0. The summed E-state index contributed by atoms with van der Waals surface area (Å²) in [5.41, 5.74) is 3.64. The van der Waals surface area contributed by atoms with Gasteiger partial charge in [0.2, 0.25) is 5.91 Å². The number of rotatable bonds is 8. The molecule has 4 heteroatoms. The third-order valence-corrected chi connectivity index (χ3v) is 4.63. The highest BCUT2D eigenvalue weighted by Gasteiger charge is 2.15. The van der Waals surface area contributed by atoms with Gasteiger partial charge in [-0.05, 0) is 41.8 Å². The Kier molecular flexibility index (Phi) is 7.56. The number of amides is 2. The lowest BCUT2D eigenvalue weighted by molar-refractivity contribution is -0.120. The minimum absolute atomic E-state index is 0.0282. The van der Waals surface area contributed by atoms with Gasteiger partial charge in [-0.1, -0.05) is 72.8 Å². The molecule has 1 N–H and O–H groups in total. The molecule has 0 saturated heterocycles. The zero-order valence-corrected chi connectivity index (χ0v) is 17.1. The zero-order chi connectivity index (χ0) is 21.2. The molecule has 0 heterocycles. The minimum atomic E-state index is -0.113. The van der Waals surface area contributed by atoms with Gasteiger partial charge in [-0.25, -0.2) is 0 Å². The lowest BCUT2D eigenvalue weighted by Gasteiger charge is -2.22. The molecule has 4 nitrogen and oxygen atoms in total. The molecule has 0 fully saturated rings. The Hall–Kier alpha value is -3.66.